The van der Waals surface area contributed by atoms with Gasteiger partial charge in [-0.1, -0.05) is 30.3 Å². The molecule has 0 bridgehead atoms. The quantitative estimate of drug-likeness (QED) is 0.796. The van der Waals surface area contributed by atoms with Crippen LogP contribution in [0.15, 0.2) is 30.3 Å². The average molecular weight is 283 g/mol. The molecule has 1 heterocycles. The Morgan fingerprint density at radius 1 is 1.40 bits per heavy atom. The molecule has 2 rings (SSSR count). The topological polar surface area (TPSA) is 29.5 Å². The predicted molar refractivity (Wildman–Crippen MR) is 71.4 cm³/mol. The number of nitrogens with zero attached hydrogens (tertiary/aromatic N) is 1. The van der Waals surface area contributed by atoms with Gasteiger partial charge in [-0.2, -0.15) is 0 Å². The van der Waals surface area contributed by atoms with Crippen molar-refractivity contribution in [3.63, 3.8) is 0 Å². The first-order chi connectivity index (χ1) is 9.53. The van der Waals surface area contributed by atoms with Gasteiger partial charge in [0.05, 0.1) is 6.61 Å². The summed E-state index contributed by atoms with van der Waals surface area (Å²) >= 11 is 0. The van der Waals surface area contributed by atoms with Crippen molar-refractivity contribution in [2.75, 3.05) is 19.7 Å². The van der Waals surface area contributed by atoms with Gasteiger partial charge in [0.25, 0.3) is 5.92 Å². The number of rotatable bonds is 4. The zero-order chi connectivity index (χ0) is 14.6. The minimum Gasteiger partial charge on any atom is -0.466 e. The van der Waals surface area contributed by atoms with Gasteiger partial charge >= 0.3 is 5.97 Å². The molecular weight excluding hydrogens is 264 g/mol. The summed E-state index contributed by atoms with van der Waals surface area (Å²) in [6, 6.07) is 9.64. The number of halogens is 2. The number of carbonyl (C=O) groups is 1. The molecule has 1 fully saturated rings. The number of carbonyl (C=O) groups excluding carboxylic acids is 1. The zero-order valence-electron chi connectivity index (χ0n) is 11.5. The van der Waals surface area contributed by atoms with Crippen LogP contribution in [-0.2, 0) is 16.1 Å². The van der Waals surface area contributed by atoms with Gasteiger partial charge in [-0.05, 0) is 12.5 Å². The number of hydrogen-bond acceptors (Lipinski definition) is 3. The summed E-state index contributed by atoms with van der Waals surface area (Å²) < 4.78 is 32.4. The third kappa shape index (κ3) is 3.54. The first kappa shape index (κ1) is 14.9. The fourth-order valence-electron chi connectivity index (χ4n) is 2.44. The number of alkyl halides is 2. The number of likely N-dealkylation sites (tertiary alicyclic amines) is 1. The van der Waals surface area contributed by atoms with Gasteiger partial charge in [-0.15, -0.1) is 0 Å². The van der Waals surface area contributed by atoms with E-state index in [0.29, 0.717) is 6.54 Å². The lowest BCUT2D eigenvalue weighted by Gasteiger charge is -2.36. The lowest BCUT2D eigenvalue weighted by Crippen LogP contribution is -2.50. The van der Waals surface area contributed by atoms with Crippen LogP contribution in [0.1, 0.15) is 18.9 Å². The third-order valence-corrected chi connectivity index (χ3v) is 3.53. The fourth-order valence-corrected chi connectivity index (χ4v) is 2.44. The predicted octanol–water partition coefficient (Wildman–Crippen LogP) is 2.71. The average Bonchev–Trinajstić information content (AvgIpc) is 2.42. The fraction of sp³-hybridized carbons (Fsp3) is 0.533. The molecule has 0 N–H and O–H groups in total. The lowest BCUT2D eigenvalue weighted by atomic mass is 9.93. The van der Waals surface area contributed by atoms with Gasteiger partial charge in [0.1, 0.15) is 5.92 Å². The third-order valence-electron chi connectivity index (χ3n) is 3.53. The van der Waals surface area contributed by atoms with Crippen LogP contribution in [0, 0.1) is 5.92 Å². The Kier molecular flexibility index (Phi) is 4.70. The maximum Gasteiger partial charge on any atom is 0.316 e. The van der Waals surface area contributed by atoms with Crippen molar-refractivity contribution < 1.29 is 18.3 Å². The molecule has 0 aliphatic carbocycles. The minimum absolute atomic E-state index is 0.0424. The summed E-state index contributed by atoms with van der Waals surface area (Å²) in [7, 11) is 0. The van der Waals surface area contributed by atoms with E-state index in [-0.39, 0.29) is 26.1 Å². The van der Waals surface area contributed by atoms with E-state index >= 15 is 0 Å². The van der Waals surface area contributed by atoms with E-state index in [1.165, 1.54) is 0 Å². The molecule has 1 aromatic carbocycles. The Bertz CT molecular complexity index is 450. The largest absolute Gasteiger partial charge is 0.466 e. The van der Waals surface area contributed by atoms with Crippen molar-refractivity contribution in [2.45, 2.75) is 25.8 Å². The maximum atomic E-state index is 13.8. The van der Waals surface area contributed by atoms with Crippen molar-refractivity contribution in [3.8, 4) is 0 Å². The molecule has 0 radical (unpaired) electrons. The van der Waals surface area contributed by atoms with Crippen LogP contribution >= 0.6 is 0 Å². The van der Waals surface area contributed by atoms with Gasteiger partial charge < -0.3 is 4.74 Å². The number of benzene rings is 1. The van der Waals surface area contributed by atoms with E-state index in [1.807, 2.05) is 35.2 Å². The van der Waals surface area contributed by atoms with E-state index in [0.717, 1.165) is 5.56 Å². The van der Waals surface area contributed by atoms with Crippen LogP contribution in [0.3, 0.4) is 0 Å². The lowest BCUT2D eigenvalue weighted by molar-refractivity contribution is -0.172. The molecule has 3 nitrogen and oxygen atoms in total. The molecular formula is C15H19F2NO2. The molecule has 0 aromatic heterocycles. The summed E-state index contributed by atoms with van der Waals surface area (Å²) in [6.07, 6.45) is -0.302. The number of esters is 1. The summed E-state index contributed by atoms with van der Waals surface area (Å²) in [4.78, 5) is 13.6. The Hall–Kier alpha value is -1.49. The first-order valence-corrected chi connectivity index (χ1v) is 6.83. The molecule has 1 aromatic rings. The SMILES string of the molecule is CCOC(=O)C1CN(Cc2ccccc2)CCC1(F)F. The molecule has 1 saturated heterocycles. The first-order valence-electron chi connectivity index (χ1n) is 6.83. The molecule has 1 unspecified atom stereocenters. The van der Waals surface area contributed by atoms with Gasteiger partial charge in [-0.3, -0.25) is 9.69 Å². The van der Waals surface area contributed by atoms with Crippen molar-refractivity contribution in [3.05, 3.63) is 35.9 Å². The molecule has 0 amide bonds. The normalized spacial score (nSPS) is 22.4. The van der Waals surface area contributed by atoms with Crippen LogP contribution in [-0.4, -0.2) is 36.5 Å². The van der Waals surface area contributed by atoms with Crippen molar-refractivity contribution in [1.29, 1.82) is 0 Å². The highest BCUT2D eigenvalue weighted by Crippen LogP contribution is 2.34. The smallest absolute Gasteiger partial charge is 0.316 e. The van der Waals surface area contributed by atoms with Crippen LogP contribution < -0.4 is 0 Å². The van der Waals surface area contributed by atoms with Crippen molar-refractivity contribution in [2.24, 2.45) is 5.92 Å². The van der Waals surface area contributed by atoms with Crippen molar-refractivity contribution >= 4 is 5.97 Å². The molecule has 0 saturated carbocycles. The number of piperidine rings is 1. The Morgan fingerprint density at radius 3 is 2.75 bits per heavy atom. The number of hydrogen-bond donors (Lipinski definition) is 0. The minimum atomic E-state index is -2.97. The molecule has 1 aliphatic rings. The van der Waals surface area contributed by atoms with Crippen LogP contribution in [0.4, 0.5) is 8.78 Å². The molecule has 1 atom stereocenters. The highest BCUT2D eigenvalue weighted by atomic mass is 19.3. The molecule has 110 valence electrons. The second-order valence-corrected chi connectivity index (χ2v) is 5.04. The second-order valence-electron chi connectivity index (χ2n) is 5.04. The highest BCUT2D eigenvalue weighted by molar-refractivity contribution is 5.74. The van der Waals surface area contributed by atoms with Gasteiger partial charge in [0.2, 0.25) is 0 Å². The summed E-state index contributed by atoms with van der Waals surface area (Å²) in [5, 5.41) is 0. The standard InChI is InChI=1S/C15H19F2NO2/c1-2-20-14(19)13-11-18(9-8-15(13,16)17)10-12-6-4-3-5-7-12/h3-7,13H,2,8-11H2,1H3. The van der Waals surface area contributed by atoms with Gasteiger partial charge in [-0.25, -0.2) is 8.78 Å². The zero-order valence-corrected chi connectivity index (χ0v) is 11.5. The van der Waals surface area contributed by atoms with E-state index in [4.69, 9.17) is 4.74 Å². The van der Waals surface area contributed by atoms with Gasteiger partial charge in [0, 0.05) is 26.1 Å². The highest BCUT2D eigenvalue weighted by Gasteiger charge is 2.48. The summed E-state index contributed by atoms with van der Waals surface area (Å²) in [5.74, 6) is -5.13. The Morgan fingerprint density at radius 2 is 2.10 bits per heavy atom. The van der Waals surface area contributed by atoms with Crippen LogP contribution in [0.2, 0.25) is 0 Å². The van der Waals surface area contributed by atoms with Crippen LogP contribution in [0.25, 0.3) is 0 Å². The molecule has 0 spiro atoms. The Balaban J connectivity index is 2.02. The Labute approximate surface area is 117 Å². The summed E-state index contributed by atoms with van der Waals surface area (Å²) in [5.41, 5.74) is 1.06. The van der Waals surface area contributed by atoms with E-state index in [1.54, 1.807) is 6.92 Å². The summed E-state index contributed by atoms with van der Waals surface area (Å²) in [6.45, 7) is 2.66. The van der Waals surface area contributed by atoms with E-state index in [9.17, 15) is 13.6 Å². The molecule has 20 heavy (non-hydrogen) atoms. The molecule has 5 heteroatoms. The molecule has 1 aliphatic heterocycles. The van der Waals surface area contributed by atoms with Crippen LogP contribution in [0.5, 0.6) is 0 Å². The number of ether oxygens (including phenoxy) is 1. The van der Waals surface area contributed by atoms with Gasteiger partial charge in [0.15, 0.2) is 0 Å². The maximum absolute atomic E-state index is 13.8. The van der Waals surface area contributed by atoms with Crippen molar-refractivity contribution in [1.82, 2.24) is 4.90 Å². The second kappa shape index (κ2) is 6.31. The van der Waals surface area contributed by atoms with E-state index in [2.05, 4.69) is 0 Å². The monoisotopic (exact) mass is 283 g/mol. The van der Waals surface area contributed by atoms with E-state index < -0.39 is 17.8 Å².